The molecule has 4 nitrogen and oxygen atoms in total. The molecule has 0 atom stereocenters. The quantitative estimate of drug-likeness (QED) is 0.497. The number of nitrogens with zero attached hydrogens (tertiary/aromatic N) is 1. The van der Waals surface area contributed by atoms with Crippen molar-refractivity contribution in [2.24, 2.45) is 0 Å². The van der Waals surface area contributed by atoms with Crippen LogP contribution in [0.5, 0.6) is 0 Å². The Morgan fingerprint density at radius 2 is 1.88 bits per heavy atom. The summed E-state index contributed by atoms with van der Waals surface area (Å²) in [5.74, 6) is 0.555. The number of rotatable bonds is 6. The van der Waals surface area contributed by atoms with Crippen LogP contribution in [0.3, 0.4) is 0 Å². The average molecular weight is 368 g/mol. The van der Waals surface area contributed by atoms with Crippen LogP contribution in [-0.4, -0.2) is 16.7 Å². The summed E-state index contributed by atoms with van der Waals surface area (Å²) in [5.41, 5.74) is 4.72. The summed E-state index contributed by atoms with van der Waals surface area (Å²) in [6.45, 7) is 1.52. The molecule has 0 aliphatic rings. The maximum Gasteiger partial charge on any atom is 0.256 e. The Labute approximate surface area is 154 Å². The molecule has 0 aliphatic heterocycles. The third-order valence-electron chi connectivity index (χ3n) is 3.54. The van der Waals surface area contributed by atoms with Crippen LogP contribution in [0, 0.1) is 0 Å². The minimum absolute atomic E-state index is 0.00154. The molecule has 126 valence electrons. The number of aromatic nitrogens is 1. The number of anilines is 1. The zero-order chi connectivity index (χ0) is 17.6. The van der Waals surface area contributed by atoms with Gasteiger partial charge in [0.1, 0.15) is 0 Å². The second kappa shape index (κ2) is 8.09. The minimum atomic E-state index is -0.169. The molecule has 0 bridgehead atoms. The molecule has 1 aromatic heterocycles. The second-order valence-electron chi connectivity index (χ2n) is 5.35. The van der Waals surface area contributed by atoms with E-state index in [2.05, 4.69) is 10.3 Å². The number of carbonyl (C=O) groups excluding carboxylic acids is 2. The highest BCUT2D eigenvalue weighted by Crippen LogP contribution is 2.27. The van der Waals surface area contributed by atoms with E-state index in [9.17, 15) is 9.59 Å². The number of benzene rings is 2. The number of hydrogen-bond donors (Lipinski definition) is 1. The van der Waals surface area contributed by atoms with Crippen molar-refractivity contribution in [3.8, 4) is 0 Å². The van der Waals surface area contributed by atoms with Crippen molar-refractivity contribution >= 4 is 40.5 Å². The molecule has 1 N–H and O–H groups in total. The Bertz CT molecular complexity index is 875. The normalized spacial score (nSPS) is 10.4. The van der Waals surface area contributed by atoms with Crippen LogP contribution in [-0.2, 0) is 5.75 Å². The summed E-state index contributed by atoms with van der Waals surface area (Å²) >= 11 is 3.15. The predicted molar refractivity (Wildman–Crippen MR) is 103 cm³/mol. The fraction of sp³-hybridized carbons (Fsp3) is 0.105. The van der Waals surface area contributed by atoms with E-state index >= 15 is 0 Å². The number of thiazole rings is 1. The van der Waals surface area contributed by atoms with E-state index in [1.54, 1.807) is 52.9 Å². The third-order valence-corrected chi connectivity index (χ3v) is 5.28. The van der Waals surface area contributed by atoms with Gasteiger partial charge in [-0.15, -0.1) is 23.1 Å². The Morgan fingerprint density at radius 1 is 1.12 bits per heavy atom. The molecule has 0 spiro atoms. The van der Waals surface area contributed by atoms with Crippen LogP contribution in [0.25, 0.3) is 0 Å². The maximum atomic E-state index is 12.6. The van der Waals surface area contributed by atoms with Crippen molar-refractivity contribution in [3.63, 3.8) is 0 Å². The van der Waals surface area contributed by atoms with Crippen LogP contribution in [0.2, 0.25) is 0 Å². The van der Waals surface area contributed by atoms with Gasteiger partial charge in [-0.25, -0.2) is 4.98 Å². The number of nitrogens with one attached hydrogen (secondary N) is 1. The summed E-state index contributed by atoms with van der Waals surface area (Å²) in [4.78, 5) is 29.1. The first-order valence-electron chi connectivity index (χ1n) is 7.65. The van der Waals surface area contributed by atoms with Crippen molar-refractivity contribution < 1.29 is 9.59 Å². The molecule has 0 saturated carbocycles. The Hall–Kier alpha value is -2.44. The molecule has 0 fully saturated rings. The first-order chi connectivity index (χ1) is 12.1. The van der Waals surface area contributed by atoms with E-state index in [0.717, 1.165) is 16.3 Å². The van der Waals surface area contributed by atoms with E-state index in [0.29, 0.717) is 16.8 Å². The summed E-state index contributed by atoms with van der Waals surface area (Å²) in [6, 6.07) is 14.4. The molecule has 3 aromatic rings. The molecule has 0 unspecified atom stereocenters. The van der Waals surface area contributed by atoms with E-state index < -0.39 is 0 Å². The van der Waals surface area contributed by atoms with Crippen LogP contribution in [0.4, 0.5) is 5.69 Å². The minimum Gasteiger partial charge on any atom is -0.322 e. The Morgan fingerprint density at radius 3 is 2.56 bits per heavy atom. The zero-order valence-electron chi connectivity index (χ0n) is 13.6. The monoisotopic (exact) mass is 368 g/mol. The third kappa shape index (κ3) is 4.55. The number of amides is 1. The molecular formula is C19H16N2O2S2. The average Bonchev–Trinajstić information content (AvgIpc) is 3.14. The van der Waals surface area contributed by atoms with Crippen molar-refractivity contribution in [2.45, 2.75) is 17.6 Å². The van der Waals surface area contributed by atoms with Crippen molar-refractivity contribution in [1.82, 2.24) is 4.98 Å². The van der Waals surface area contributed by atoms with Crippen molar-refractivity contribution in [3.05, 3.63) is 76.2 Å². The lowest BCUT2D eigenvalue weighted by molar-refractivity contribution is 0.101. The largest absolute Gasteiger partial charge is 0.322 e. The first-order valence-corrected chi connectivity index (χ1v) is 9.57. The molecule has 6 heteroatoms. The Balaban J connectivity index is 1.72. The van der Waals surface area contributed by atoms with Gasteiger partial charge < -0.3 is 5.32 Å². The summed E-state index contributed by atoms with van der Waals surface area (Å²) < 4.78 is 0. The van der Waals surface area contributed by atoms with Crippen molar-refractivity contribution in [2.75, 3.05) is 5.32 Å². The summed E-state index contributed by atoms with van der Waals surface area (Å²) in [5, 5.41) is 4.89. The second-order valence-corrected chi connectivity index (χ2v) is 7.09. The number of ketones is 1. The molecular weight excluding hydrogens is 352 g/mol. The molecule has 2 aromatic carbocycles. The number of Topliss-reactive ketones (excluding diaryl/α,β-unsaturated/α-hetero) is 1. The highest BCUT2D eigenvalue weighted by molar-refractivity contribution is 7.98. The van der Waals surface area contributed by atoms with Gasteiger partial charge in [0.05, 0.1) is 16.8 Å². The van der Waals surface area contributed by atoms with E-state index in [-0.39, 0.29) is 11.7 Å². The topological polar surface area (TPSA) is 59.1 Å². The van der Waals surface area contributed by atoms with Crippen LogP contribution in [0.15, 0.2) is 64.3 Å². The molecule has 3 rings (SSSR count). The van der Waals surface area contributed by atoms with E-state index in [4.69, 9.17) is 0 Å². The van der Waals surface area contributed by atoms with Gasteiger partial charge in [-0.2, -0.15) is 0 Å². The van der Waals surface area contributed by atoms with Crippen LogP contribution < -0.4 is 5.32 Å². The fourth-order valence-corrected chi connectivity index (χ4v) is 3.84. The zero-order valence-corrected chi connectivity index (χ0v) is 15.2. The summed E-state index contributed by atoms with van der Waals surface area (Å²) in [7, 11) is 0. The van der Waals surface area contributed by atoms with Gasteiger partial charge in [-0.1, -0.05) is 12.1 Å². The van der Waals surface area contributed by atoms with Gasteiger partial charge in [0.25, 0.3) is 5.91 Å². The highest BCUT2D eigenvalue weighted by Gasteiger charge is 2.12. The number of thioether (sulfide) groups is 1. The molecule has 0 radical (unpaired) electrons. The van der Waals surface area contributed by atoms with Gasteiger partial charge >= 0.3 is 0 Å². The molecule has 1 heterocycles. The van der Waals surface area contributed by atoms with Gasteiger partial charge in [0, 0.05) is 27.3 Å². The number of carbonyl (C=O) groups is 2. The summed E-state index contributed by atoms with van der Waals surface area (Å²) in [6.07, 6.45) is 0. The Kier molecular flexibility index (Phi) is 5.63. The SMILES string of the molecule is CC(=O)c1ccc(NC(=O)c2ccccc2SCc2cscn2)cc1. The predicted octanol–water partition coefficient (Wildman–Crippen LogP) is 4.89. The van der Waals surface area contributed by atoms with Crippen molar-refractivity contribution in [1.29, 1.82) is 0 Å². The van der Waals surface area contributed by atoms with Gasteiger partial charge in [-0.05, 0) is 43.3 Å². The number of hydrogen-bond acceptors (Lipinski definition) is 5. The lowest BCUT2D eigenvalue weighted by Crippen LogP contribution is -2.13. The lowest BCUT2D eigenvalue weighted by atomic mass is 10.1. The standard InChI is InChI=1S/C19H16N2O2S2/c1-13(22)14-6-8-15(9-7-14)21-19(23)17-4-2-3-5-18(17)25-11-16-10-24-12-20-16/h2-10,12H,11H2,1H3,(H,21,23). The van der Waals surface area contributed by atoms with Crippen LogP contribution >= 0.6 is 23.1 Å². The molecule has 1 amide bonds. The lowest BCUT2D eigenvalue weighted by Gasteiger charge is -2.10. The maximum absolute atomic E-state index is 12.6. The van der Waals surface area contributed by atoms with Gasteiger partial charge in [0.15, 0.2) is 5.78 Å². The fourth-order valence-electron chi connectivity index (χ4n) is 2.23. The van der Waals surface area contributed by atoms with E-state index in [1.807, 2.05) is 29.6 Å². The van der Waals surface area contributed by atoms with Crippen LogP contribution in [0.1, 0.15) is 33.3 Å². The first kappa shape index (κ1) is 17.4. The smallest absolute Gasteiger partial charge is 0.256 e. The molecule has 0 aliphatic carbocycles. The van der Waals surface area contributed by atoms with E-state index in [1.165, 1.54) is 6.92 Å². The van der Waals surface area contributed by atoms with Gasteiger partial charge in [-0.3, -0.25) is 9.59 Å². The van der Waals surface area contributed by atoms with Gasteiger partial charge in [0.2, 0.25) is 0 Å². The molecule has 0 saturated heterocycles. The molecule has 25 heavy (non-hydrogen) atoms. The highest BCUT2D eigenvalue weighted by atomic mass is 32.2.